The molecular weight excluding hydrogens is 236 g/mol. The Kier molecular flexibility index (Phi) is 3.57. The molecule has 0 aliphatic heterocycles. The van der Waals surface area contributed by atoms with E-state index in [1.165, 1.54) is 0 Å². The third-order valence-electron chi connectivity index (χ3n) is 3.46. The van der Waals surface area contributed by atoms with Crippen LogP contribution in [0.4, 0.5) is 11.4 Å². The number of nitrogen functional groups attached to an aromatic ring is 1. The summed E-state index contributed by atoms with van der Waals surface area (Å²) in [5.74, 6) is 0.697. The Labute approximate surface area is 106 Å². The highest BCUT2D eigenvalue weighted by Crippen LogP contribution is 2.32. The summed E-state index contributed by atoms with van der Waals surface area (Å²) in [5, 5.41) is 3.42. The fraction of sp³-hybridized carbons (Fsp3) is 0.462. The molecule has 0 heterocycles. The second-order valence-electron chi connectivity index (χ2n) is 4.74. The molecule has 0 radical (unpaired) electrons. The molecule has 4 heteroatoms. The van der Waals surface area contributed by atoms with Gasteiger partial charge < -0.3 is 11.1 Å². The number of hydrogen-bond donors (Lipinski definition) is 2. The lowest BCUT2D eigenvalue weighted by atomic mass is 9.97. The number of amides is 1. The molecule has 3 nitrogen and oxygen atoms in total. The van der Waals surface area contributed by atoms with Crippen molar-refractivity contribution < 1.29 is 4.79 Å². The van der Waals surface area contributed by atoms with Gasteiger partial charge in [-0.05, 0) is 37.0 Å². The van der Waals surface area contributed by atoms with Crippen LogP contribution in [0, 0.1) is 11.8 Å². The van der Waals surface area contributed by atoms with Crippen molar-refractivity contribution in [3.63, 3.8) is 0 Å². The van der Waals surface area contributed by atoms with Crippen LogP contribution in [0.5, 0.6) is 0 Å². The molecular formula is C13H17ClN2O. The first kappa shape index (κ1) is 12.2. The molecule has 1 saturated carbocycles. The summed E-state index contributed by atoms with van der Waals surface area (Å²) in [6.45, 7) is 2.13. The van der Waals surface area contributed by atoms with Crippen molar-refractivity contribution >= 4 is 28.9 Å². The molecule has 0 saturated heterocycles. The van der Waals surface area contributed by atoms with Crippen LogP contribution in [0.1, 0.15) is 26.2 Å². The van der Waals surface area contributed by atoms with Crippen LogP contribution in [0.25, 0.3) is 0 Å². The van der Waals surface area contributed by atoms with Crippen molar-refractivity contribution in [2.24, 2.45) is 11.8 Å². The third-order valence-corrected chi connectivity index (χ3v) is 3.81. The van der Waals surface area contributed by atoms with Gasteiger partial charge in [0.1, 0.15) is 0 Å². The molecule has 2 unspecified atom stereocenters. The fourth-order valence-corrected chi connectivity index (χ4v) is 2.51. The van der Waals surface area contributed by atoms with Gasteiger partial charge >= 0.3 is 0 Å². The van der Waals surface area contributed by atoms with E-state index in [1.54, 1.807) is 18.2 Å². The highest BCUT2D eigenvalue weighted by atomic mass is 35.5. The SMILES string of the molecule is CC1CCCC1C(=O)Nc1ccc(Cl)c(N)c1. The Morgan fingerprint density at radius 2 is 2.24 bits per heavy atom. The molecule has 92 valence electrons. The summed E-state index contributed by atoms with van der Waals surface area (Å²) < 4.78 is 0. The van der Waals surface area contributed by atoms with E-state index >= 15 is 0 Å². The number of nitrogens with one attached hydrogen (secondary N) is 1. The average Bonchev–Trinajstić information content (AvgIpc) is 2.70. The van der Waals surface area contributed by atoms with Gasteiger partial charge in [-0.2, -0.15) is 0 Å². The monoisotopic (exact) mass is 252 g/mol. The van der Waals surface area contributed by atoms with Crippen molar-refractivity contribution in [3.8, 4) is 0 Å². The molecule has 2 atom stereocenters. The van der Waals surface area contributed by atoms with Gasteiger partial charge in [0.15, 0.2) is 0 Å². The van der Waals surface area contributed by atoms with Crippen molar-refractivity contribution in [1.29, 1.82) is 0 Å². The zero-order valence-corrected chi connectivity index (χ0v) is 10.6. The number of halogens is 1. The van der Waals surface area contributed by atoms with Gasteiger partial charge in [0, 0.05) is 11.6 Å². The number of carbonyl (C=O) groups excluding carboxylic acids is 1. The molecule has 0 aromatic heterocycles. The van der Waals surface area contributed by atoms with Gasteiger partial charge in [0.2, 0.25) is 5.91 Å². The van der Waals surface area contributed by atoms with E-state index < -0.39 is 0 Å². The van der Waals surface area contributed by atoms with Crippen LogP contribution in [0.2, 0.25) is 5.02 Å². The lowest BCUT2D eigenvalue weighted by Gasteiger charge is -2.15. The van der Waals surface area contributed by atoms with E-state index in [0.29, 0.717) is 16.6 Å². The van der Waals surface area contributed by atoms with E-state index in [1.807, 2.05) is 0 Å². The van der Waals surface area contributed by atoms with Crippen LogP contribution < -0.4 is 11.1 Å². The predicted molar refractivity (Wildman–Crippen MR) is 71.0 cm³/mol. The zero-order chi connectivity index (χ0) is 12.4. The van der Waals surface area contributed by atoms with Gasteiger partial charge in [0.05, 0.1) is 10.7 Å². The number of benzene rings is 1. The van der Waals surface area contributed by atoms with E-state index in [0.717, 1.165) is 24.9 Å². The van der Waals surface area contributed by atoms with Gasteiger partial charge in [-0.3, -0.25) is 4.79 Å². The van der Waals surface area contributed by atoms with Gasteiger partial charge in [-0.25, -0.2) is 0 Å². The Hall–Kier alpha value is -1.22. The normalized spacial score (nSPS) is 23.6. The number of nitrogens with two attached hydrogens (primary N) is 1. The van der Waals surface area contributed by atoms with Crippen molar-refractivity contribution in [2.45, 2.75) is 26.2 Å². The molecule has 1 aromatic carbocycles. The van der Waals surface area contributed by atoms with E-state index in [4.69, 9.17) is 17.3 Å². The minimum Gasteiger partial charge on any atom is -0.397 e. The first-order chi connectivity index (χ1) is 8.08. The summed E-state index contributed by atoms with van der Waals surface area (Å²) in [4.78, 5) is 12.0. The number of rotatable bonds is 2. The topological polar surface area (TPSA) is 55.1 Å². The van der Waals surface area contributed by atoms with E-state index in [-0.39, 0.29) is 11.8 Å². The molecule has 17 heavy (non-hydrogen) atoms. The minimum absolute atomic E-state index is 0.0942. The molecule has 0 bridgehead atoms. The van der Waals surface area contributed by atoms with E-state index in [2.05, 4.69) is 12.2 Å². The molecule has 2 rings (SSSR count). The van der Waals surface area contributed by atoms with Crippen LogP contribution in [0.15, 0.2) is 18.2 Å². The van der Waals surface area contributed by atoms with Crippen LogP contribution in [0.3, 0.4) is 0 Å². The maximum Gasteiger partial charge on any atom is 0.227 e. The highest BCUT2D eigenvalue weighted by Gasteiger charge is 2.29. The van der Waals surface area contributed by atoms with Gasteiger partial charge in [0.25, 0.3) is 0 Å². The summed E-state index contributed by atoms with van der Waals surface area (Å²) in [6, 6.07) is 5.17. The second-order valence-corrected chi connectivity index (χ2v) is 5.15. The van der Waals surface area contributed by atoms with Crippen molar-refractivity contribution in [1.82, 2.24) is 0 Å². The lowest BCUT2D eigenvalue weighted by Crippen LogP contribution is -2.24. The Morgan fingerprint density at radius 3 is 2.82 bits per heavy atom. The van der Waals surface area contributed by atoms with Gasteiger partial charge in [-0.15, -0.1) is 0 Å². The first-order valence-electron chi connectivity index (χ1n) is 5.94. The number of carbonyl (C=O) groups is 1. The van der Waals surface area contributed by atoms with Crippen LogP contribution >= 0.6 is 11.6 Å². The summed E-state index contributed by atoms with van der Waals surface area (Å²) in [6.07, 6.45) is 3.26. The number of anilines is 2. The molecule has 1 aromatic rings. The average molecular weight is 253 g/mol. The van der Waals surface area contributed by atoms with E-state index in [9.17, 15) is 4.79 Å². The van der Waals surface area contributed by atoms with Crippen molar-refractivity contribution in [3.05, 3.63) is 23.2 Å². The largest absolute Gasteiger partial charge is 0.397 e. The maximum absolute atomic E-state index is 12.0. The zero-order valence-electron chi connectivity index (χ0n) is 9.87. The standard InChI is InChI=1S/C13H17ClN2O/c1-8-3-2-4-10(8)13(17)16-9-5-6-11(14)12(15)7-9/h5-8,10H,2-4,15H2,1H3,(H,16,17). The van der Waals surface area contributed by atoms with Crippen molar-refractivity contribution in [2.75, 3.05) is 11.1 Å². The Bertz CT molecular complexity index is 433. The highest BCUT2D eigenvalue weighted by molar-refractivity contribution is 6.33. The minimum atomic E-state index is 0.0942. The number of hydrogen-bond acceptors (Lipinski definition) is 2. The lowest BCUT2D eigenvalue weighted by molar-refractivity contribution is -0.120. The molecule has 3 N–H and O–H groups in total. The Balaban J connectivity index is 2.05. The summed E-state index contributed by atoms with van der Waals surface area (Å²) in [7, 11) is 0. The first-order valence-corrected chi connectivity index (χ1v) is 6.31. The fourth-order valence-electron chi connectivity index (χ4n) is 2.39. The maximum atomic E-state index is 12.0. The Morgan fingerprint density at radius 1 is 1.47 bits per heavy atom. The molecule has 1 aliphatic carbocycles. The summed E-state index contributed by atoms with van der Waals surface area (Å²) in [5.41, 5.74) is 6.90. The van der Waals surface area contributed by atoms with Crippen LogP contribution in [-0.2, 0) is 4.79 Å². The molecule has 1 aliphatic rings. The quantitative estimate of drug-likeness (QED) is 0.794. The second kappa shape index (κ2) is 4.96. The predicted octanol–water partition coefficient (Wildman–Crippen LogP) is 3.30. The third kappa shape index (κ3) is 2.72. The van der Waals surface area contributed by atoms with Gasteiger partial charge in [-0.1, -0.05) is 24.9 Å². The molecule has 1 fully saturated rings. The molecule has 0 spiro atoms. The van der Waals surface area contributed by atoms with Crippen LogP contribution in [-0.4, -0.2) is 5.91 Å². The smallest absolute Gasteiger partial charge is 0.227 e. The summed E-state index contributed by atoms with van der Waals surface area (Å²) >= 11 is 5.83. The molecule has 1 amide bonds.